The smallest absolute Gasteiger partial charge is 0.137 e. The van der Waals surface area contributed by atoms with Crippen LogP contribution in [-0.4, -0.2) is 21.9 Å². The van der Waals surface area contributed by atoms with E-state index in [0.717, 1.165) is 11.3 Å². The average Bonchev–Trinajstić information content (AvgIpc) is 2.77. The first-order chi connectivity index (χ1) is 8.24. The minimum absolute atomic E-state index is 0.196. The second-order valence-electron chi connectivity index (χ2n) is 3.67. The highest BCUT2D eigenvalue weighted by Crippen LogP contribution is 2.21. The Morgan fingerprint density at radius 2 is 2.29 bits per heavy atom. The van der Waals surface area contributed by atoms with E-state index in [0.29, 0.717) is 5.75 Å². The maximum absolute atomic E-state index is 5.57. The molecule has 6 heteroatoms. The first-order valence-electron chi connectivity index (χ1n) is 5.19. The molecular weight excluding hydrogens is 218 g/mol. The summed E-state index contributed by atoms with van der Waals surface area (Å²) in [4.78, 5) is 4.10. The van der Waals surface area contributed by atoms with Gasteiger partial charge in [0.1, 0.15) is 5.75 Å². The molecule has 90 valence electrons. The van der Waals surface area contributed by atoms with Crippen LogP contribution in [0.25, 0.3) is 0 Å². The summed E-state index contributed by atoms with van der Waals surface area (Å²) in [6, 6.07) is 3.59. The Bertz CT molecular complexity index is 496. The van der Waals surface area contributed by atoms with Crippen LogP contribution in [0.4, 0.5) is 0 Å². The van der Waals surface area contributed by atoms with Gasteiger partial charge in [0.15, 0.2) is 0 Å². The molecule has 0 fully saturated rings. The van der Waals surface area contributed by atoms with E-state index in [-0.39, 0.29) is 6.04 Å². The number of nitrogens with one attached hydrogen (secondary N) is 1. The van der Waals surface area contributed by atoms with Gasteiger partial charge in [-0.15, -0.1) is 0 Å². The van der Waals surface area contributed by atoms with Crippen LogP contribution in [0.3, 0.4) is 0 Å². The lowest BCUT2D eigenvalue weighted by molar-refractivity contribution is 0.411. The van der Waals surface area contributed by atoms with Crippen LogP contribution in [0, 0.1) is 0 Å². The number of hydrogen-bond acceptors (Lipinski definition) is 5. The molecule has 1 unspecified atom stereocenters. The molecule has 17 heavy (non-hydrogen) atoms. The van der Waals surface area contributed by atoms with Gasteiger partial charge >= 0.3 is 0 Å². The highest BCUT2D eigenvalue weighted by Gasteiger charge is 2.15. The van der Waals surface area contributed by atoms with Crippen LogP contribution in [0.2, 0.25) is 0 Å². The Morgan fingerprint density at radius 1 is 1.47 bits per heavy atom. The highest BCUT2D eigenvalue weighted by molar-refractivity contribution is 5.30. The summed E-state index contributed by atoms with van der Waals surface area (Å²) >= 11 is 0. The van der Waals surface area contributed by atoms with Gasteiger partial charge in [-0.25, -0.2) is 5.43 Å². The maximum atomic E-state index is 5.57. The third-order valence-corrected chi connectivity index (χ3v) is 2.50. The summed E-state index contributed by atoms with van der Waals surface area (Å²) in [7, 11) is 3.47. The molecule has 2 aromatic rings. The zero-order valence-electron chi connectivity index (χ0n) is 9.79. The van der Waals surface area contributed by atoms with Crippen LogP contribution in [0.1, 0.15) is 17.3 Å². The highest BCUT2D eigenvalue weighted by atomic mass is 16.5. The Morgan fingerprint density at radius 3 is 2.88 bits per heavy atom. The van der Waals surface area contributed by atoms with Crippen molar-refractivity contribution in [3.8, 4) is 5.75 Å². The monoisotopic (exact) mass is 233 g/mol. The minimum atomic E-state index is -0.196. The lowest BCUT2D eigenvalue weighted by Gasteiger charge is -2.14. The predicted molar refractivity (Wildman–Crippen MR) is 63.2 cm³/mol. The van der Waals surface area contributed by atoms with Crippen molar-refractivity contribution in [1.29, 1.82) is 0 Å². The molecule has 0 aliphatic rings. The van der Waals surface area contributed by atoms with Crippen molar-refractivity contribution < 1.29 is 4.74 Å². The van der Waals surface area contributed by atoms with Crippen LogP contribution >= 0.6 is 0 Å². The van der Waals surface area contributed by atoms with E-state index in [1.165, 1.54) is 0 Å². The number of methoxy groups -OCH3 is 1. The Hall–Kier alpha value is -1.92. The fraction of sp³-hybridized carbons (Fsp3) is 0.273. The fourth-order valence-electron chi connectivity index (χ4n) is 1.64. The molecule has 2 rings (SSSR count). The van der Waals surface area contributed by atoms with Crippen LogP contribution < -0.4 is 16.0 Å². The lowest BCUT2D eigenvalue weighted by atomic mass is 10.1. The molecule has 0 aliphatic heterocycles. The van der Waals surface area contributed by atoms with Gasteiger partial charge in [-0.05, 0) is 17.7 Å². The number of hydrazine groups is 1. The molecule has 2 heterocycles. The average molecular weight is 233 g/mol. The molecule has 0 saturated carbocycles. The maximum Gasteiger partial charge on any atom is 0.137 e. The number of pyridine rings is 1. The number of nitrogens with two attached hydrogens (primary N) is 1. The minimum Gasteiger partial charge on any atom is -0.495 e. The van der Waals surface area contributed by atoms with Crippen molar-refractivity contribution in [2.24, 2.45) is 12.9 Å². The van der Waals surface area contributed by atoms with Gasteiger partial charge in [-0.3, -0.25) is 15.5 Å². The first kappa shape index (κ1) is 11.6. The van der Waals surface area contributed by atoms with Crippen molar-refractivity contribution in [2.45, 2.75) is 6.04 Å². The summed E-state index contributed by atoms with van der Waals surface area (Å²) in [6.45, 7) is 0. The molecule has 0 radical (unpaired) electrons. The largest absolute Gasteiger partial charge is 0.495 e. The van der Waals surface area contributed by atoms with Crippen LogP contribution in [0.15, 0.2) is 30.7 Å². The summed E-state index contributed by atoms with van der Waals surface area (Å²) in [5, 5.41) is 4.32. The predicted octanol–water partition coefficient (Wildman–Crippen LogP) is 0.376. The third kappa shape index (κ3) is 2.43. The summed E-state index contributed by atoms with van der Waals surface area (Å²) < 4.78 is 6.86. The molecule has 3 N–H and O–H groups in total. The van der Waals surface area contributed by atoms with Gasteiger partial charge in [0, 0.05) is 19.4 Å². The zero-order chi connectivity index (χ0) is 12.3. The van der Waals surface area contributed by atoms with Crippen molar-refractivity contribution in [3.05, 3.63) is 42.0 Å². The van der Waals surface area contributed by atoms with Gasteiger partial charge in [-0.2, -0.15) is 5.10 Å². The molecule has 0 bridgehead atoms. The topological polar surface area (TPSA) is 78.0 Å². The molecule has 0 aliphatic carbocycles. The molecule has 1 atom stereocenters. The van der Waals surface area contributed by atoms with Crippen molar-refractivity contribution >= 4 is 0 Å². The van der Waals surface area contributed by atoms with E-state index in [1.54, 1.807) is 24.2 Å². The number of rotatable bonds is 4. The fourth-order valence-corrected chi connectivity index (χ4v) is 1.64. The van der Waals surface area contributed by atoms with Gasteiger partial charge < -0.3 is 4.74 Å². The van der Waals surface area contributed by atoms with Gasteiger partial charge in [0.05, 0.1) is 25.0 Å². The number of aromatic nitrogens is 3. The zero-order valence-corrected chi connectivity index (χ0v) is 9.79. The van der Waals surface area contributed by atoms with Gasteiger partial charge in [0.2, 0.25) is 0 Å². The standard InChI is InChI=1S/C11H15N5O/c1-16-4-3-10(15-16)11(14-12)8-5-9(17-2)7-13-6-8/h3-7,11,14H,12H2,1-2H3. The molecule has 0 spiro atoms. The van der Waals surface area contributed by atoms with E-state index in [1.807, 2.05) is 25.4 Å². The molecule has 2 aromatic heterocycles. The van der Waals surface area contributed by atoms with Crippen LogP contribution in [-0.2, 0) is 7.05 Å². The summed E-state index contributed by atoms with van der Waals surface area (Å²) in [5.41, 5.74) is 4.47. The van der Waals surface area contributed by atoms with Crippen LogP contribution in [0.5, 0.6) is 5.75 Å². The Labute approximate surface area is 99.4 Å². The molecule has 6 nitrogen and oxygen atoms in total. The van der Waals surface area contributed by atoms with Crippen molar-refractivity contribution in [1.82, 2.24) is 20.2 Å². The van der Waals surface area contributed by atoms with E-state index in [4.69, 9.17) is 10.6 Å². The second-order valence-corrected chi connectivity index (χ2v) is 3.67. The number of ether oxygens (including phenoxy) is 1. The Balaban J connectivity index is 2.34. The lowest BCUT2D eigenvalue weighted by Crippen LogP contribution is -2.29. The third-order valence-electron chi connectivity index (χ3n) is 2.50. The number of nitrogens with zero attached hydrogens (tertiary/aromatic N) is 3. The van der Waals surface area contributed by atoms with E-state index < -0.39 is 0 Å². The SMILES string of the molecule is COc1cncc(C(NN)c2ccn(C)n2)c1. The normalized spacial score (nSPS) is 12.4. The van der Waals surface area contributed by atoms with Gasteiger partial charge in [0.25, 0.3) is 0 Å². The molecular formula is C11H15N5O. The molecule has 0 aromatic carbocycles. The van der Waals surface area contributed by atoms with E-state index in [9.17, 15) is 0 Å². The quantitative estimate of drug-likeness (QED) is 0.589. The summed E-state index contributed by atoms with van der Waals surface area (Å²) in [6.07, 6.45) is 5.25. The molecule has 0 saturated heterocycles. The number of hydrogen-bond donors (Lipinski definition) is 2. The molecule has 0 amide bonds. The van der Waals surface area contributed by atoms with E-state index >= 15 is 0 Å². The van der Waals surface area contributed by atoms with Gasteiger partial charge in [-0.1, -0.05) is 0 Å². The van der Waals surface area contributed by atoms with E-state index in [2.05, 4.69) is 15.5 Å². The summed E-state index contributed by atoms with van der Waals surface area (Å²) in [5.74, 6) is 6.26. The Kier molecular flexibility index (Phi) is 3.36. The first-order valence-corrected chi connectivity index (χ1v) is 5.19. The number of aryl methyl sites for hydroxylation is 1. The van der Waals surface area contributed by atoms with Crippen molar-refractivity contribution in [3.63, 3.8) is 0 Å². The second kappa shape index (κ2) is 4.94. The van der Waals surface area contributed by atoms with Crippen molar-refractivity contribution in [2.75, 3.05) is 7.11 Å².